The molecule has 1 aliphatic carbocycles. The van der Waals surface area contributed by atoms with Gasteiger partial charge in [0, 0.05) is 0 Å². The van der Waals surface area contributed by atoms with Crippen LogP contribution in [0, 0.1) is 0 Å². The molecule has 0 saturated heterocycles. The standard InChI is InChI=1S/C11H16N2O2.C2H6/c1-4-9-5-6-11(12-3,8(9)2)10(15)13-7-14;1-2/h4,7,12H,2,5-6H2,1,3H3,(H,13,14,15);1-2H3/b9-4-;. The van der Waals surface area contributed by atoms with Crippen LogP contribution in [0.5, 0.6) is 0 Å². The van der Waals surface area contributed by atoms with Crippen LogP contribution in [-0.2, 0) is 9.59 Å². The first-order chi connectivity index (χ1) is 8.12. The predicted octanol–water partition coefficient (Wildman–Crippen LogP) is 1.54. The summed E-state index contributed by atoms with van der Waals surface area (Å²) in [5, 5.41) is 5.15. The second-order valence-electron chi connectivity index (χ2n) is 3.54. The fourth-order valence-corrected chi connectivity index (χ4v) is 2.03. The van der Waals surface area contributed by atoms with Crippen LogP contribution in [0.15, 0.2) is 23.8 Å². The lowest BCUT2D eigenvalue weighted by atomic mass is 9.91. The van der Waals surface area contributed by atoms with Gasteiger partial charge in [-0.15, -0.1) is 0 Å². The highest BCUT2D eigenvalue weighted by molar-refractivity contribution is 5.97. The second kappa shape index (κ2) is 7.01. The van der Waals surface area contributed by atoms with Crippen molar-refractivity contribution in [3.05, 3.63) is 23.8 Å². The molecule has 4 heteroatoms. The van der Waals surface area contributed by atoms with E-state index >= 15 is 0 Å². The molecule has 4 nitrogen and oxygen atoms in total. The molecule has 0 aliphatic heterocycles. The van der Waals surface area contributed by atoms with E-state index in [1.54, 1.807) is 7.05 Å². The Bertz CT molecular complexity index is 334. The van der Waals surface area contributed by atoms with E-state index in [2.05, 4.69) is 17.2 Å². The van der Waals surface area contributed by atoms with Gasteiger partial charge in [-0.25, -0.2) is 0 Å². The summed E-state index contributed by atoms with van der Waals surface area (Å²) in [6.45, 7) is 9.85. The summed E-state index contributed by atoms with van der Waals surface area (Å²) in [5.41, 5.74) is 1.01. The number of likely N-dealkylation sites (N-methyl/N-ethyl adjacent to an activating group) is 1. The lowest BCUT2D eigenvalue weighted by molar-refractivity contribution is -0.129. The maximum absolute atomic E-state index is 11.8. The van der Waals surface area contributed by atoms with Gasteiger partial charge in [-0.1, -0.05) is 26.5 Å². The number of nitrogens with one attached hydrogen (secondary N) is 2. The van der Waals surface area contributed by atoms with Crippen molar-refractivity contribution in [2.45, 2.75) is 39.2 Å². The largest absolute Gasteiger partial charge is 0.303 e. The third-order valence-electron chi connectivity index (χ3n) is 3.02. The van der Waals surface area contributed by atoms with Gasteiger partial charge < -0.3 is 5.32 Å². The molecule has 0 bridgehead atoms. The van der Waals surface area contributed by atoms with Gasteiger partial charge in [-0.2, -0.15) is 0 Å². The molecule has 17 heavy (non-hydrogen) atoms. The van der Waals surface area contributed by atoms with Crippen LogP contribution in [0.2, 0.25) is 0 Å². The molecular weight excluding hydrogens is 216 g/mol. The Labute approximate surface area is 103 Å². The highest BCUT2D eigenvalue weighted by Crippen LogP contribution is 2.38. The fourth-order valence-electron chi connectivity index (χ4n) is 2.03. The molecule has 1 rings (SSSR count). The summed E-state index contributed by atoms with van der Waals surface area (Å²) in [6.07, 6.45) is 3.81. The van der Waals surface area contributed by atoms with Crippen LogP contribution in [0.4, 0.5) is 0 Å². The minimum absolute atomic E-state index is 0.332. The highest BCUT2D eigenvalue weighted by atomic mass is 16.2. The number of allylic oxidation sites excluding steroid dienone is 1. The van der Waals surface area contributed by atoms with E-state index in [1.807, 2.05) is 26.8 Å². The first kappa shape index (κ1) is 15.6. The zero-order valence-corrected chi connectivity index (χ0v) is 11.1. The minimum Gasteiger partial charge on any atom is -0.303 e. The average molecular weight is 238 g/mol. The maximum atomic E-state index is 11.8. The van der Waals surface area contributed by atoms with Crippen LogP contribution in [0.1, 0.15) is 33.6 Å². The summed E-state index contributed by atoms with van der Waals surface area (Å²) in [6, 6.07) is 0. The second-order valence-corrected chi connectivity index (χ2v) is 3.54. The number of carbonyl (C=O) groups excluding carboxylic acids is 2. The third kappa shape index (κ3) is 2.82. The molecule has 1 atom stereocenters. The van der Waals surface area contributed by atoms with Crippen molar-refractivity contribution >= 4 is 12.3 Å². The number of rotatable bonds is 3. The van der Waals surface area contributed by atoms with E-state index in [0.29, 0.717) is 12.8 Å². The van der Waals surface area contributed by atoms with E-state index < -0.39 is 5.54 Å². The Morgan fingerprint density at radius 2 is 2.06 bits per heavy atom. The molecule has 0 aromatic heterocycles. The Morgan fingerprint density at radius 3 is 2.41 bits per heavy atom. The van der Waals surface area contributed by atoms with Crippen LogP contribution in [0.25, 0.3) is 0 Å². The molecule has 1 unspecified atom stereocenters. The van der Waals surface area contributed by atoms with E-state index in [4.69, 9.17) is 0 Å². The van der Waals surface area contributed by atoms with Crippen LogP contribution >= 0.6 is 0 Å². The predicted molar refractivity (Wildman–Crippen MR) is 69.5 cm³/mol. The van der Waals surface area contributed by atoms with Gasteiger partial charge in [-0.3, -0.25) is 14.9 Å². The van der Waals surface area contributed by atoms with Crippen LogP contribution in [0.3, 0.4) is 0 Å². The molecular formula is C13H22N2O2. The third-order valence-corrected chi connectivity index (χ3v) is 3.02. The first-order valence-corrected chi connectivity index (χ1v) is 5.91. The van der Waals surface area contributed by atoms with E-state index in [-0.39, 0.29) is 5.91 Å². The molecule has 1 fully saturated rings. The summed E-state index contributed by atoms with van der Waals surface area (Å²) in [5.74, 6) is -0.332. The summed E-state index contributed by atoms with van der Waals surface area (Å²) >= 11 is 0. The van der Waals surface area contributed by atoms with Crippen LogP contribution < -0.4 is 10.6 Å². The van der Waals surface area contributed by atoms with Gasteiger partial charge in [-0.05, 0) is 38.0 Å². The number of amides is 2. The lowest BCUT2D eigenvalue weighted by Crippen LogP contribution is -2.54. The van der Waals surface area contributed by atoms with Gasteiger partial charge in [0.05, 0.1) is 0 Å². The van der Waals surface area contributed by atoms with Crippen molar-refractivity contribution in [2.75, 3.05) is 7.05 Å². The molecule has 0 heterocycles. The minimum atomic E-state index is -0.817. The highest BCUT2D eigenvalue weighted by Gasteiger charge is 2.44. The molecule has 0 radical (unpaired) electrons. The number of carbonyl (C=O) groups is 2. The summed E-state index contributed by atoms with van der Waals surface area (Å²) < 4.78 is 0. The van der Waals surface area contributed by atoms with Crippen molar-refractivity contribution in [3.63, 3.8) is 0 Å². The average Bonchev–Trinajstić information content (AvgIpc) is 2.69. The van der Waals surface area contributed by atoms with Crippen molar-refractivity contribution in [3.8, 4) is 0 Å². The molecule has 1 aliphatic rings. The molecule has 0 aromatic rings. The molecule has 2 N–H and O–H groups in total. The fraction of sp³-hybridized carbons (Fsp3) is 0.538. The quantitative estimate of drug-likeness (QED) is 0.733. The monoisotopic (exact) mass is 238 g/mol. The zero-order valence-electron chi connectivity index (χ0n) is 11.1. The number of imide groups is 1. The van der Waals surface area contributed by atoms with Crippen LogP contribution in [-0.4, -0.2) is 24.9 Å². The Morgan fingerprint density at radius 1 is 1.47 bits per heavy atom. The van der Waals surface area contributed by atoms with Crippen molar-refractivity contribution < 1.29 is 9.59 Å². The van der Waals surface area contributed by atoms with Gasteiger partial charge in [0.25, 0.3) is 5.91 Å². The van der Waals surface area contributed by atoms with Gasteiger partial charge >= 0.3 is 0 Å². The first-order valence-electron chi connectivity index (χ1n) is 5.91. The van der Waals surface area contributed by atoms with E-state index in [0.717, 1.165) is 17.6 Å². The number of hydrogen-bond donors (Lipinski definition) is 2. The summed E-state index contributed by atoms with van der Waals surface area (Å²) in [4.78, 5) is 22.1. The Hall–Kier alpha value is -1.42. The van der Waals surface area contributed by atoms with Gasteiger partial charge in [0.2, 0.25) is 6.41 Å². The lowest BCUT2D eigenvalue weighted by Gasteiger charge is -2.27. The number of hydrogen-bond acceptors (Lipinski definition) is 3. The van der Waals surface area contributed by atoms with E-state index in [1.165, 1.54) is 0 Å². The van der Waals surface area contributed by atoms with Gasteiger partial charge in [0.15, 0.2) is 0 Å². The smallest absolute Gasteiger partial charge is 0.251 e. The molecule has 0 spiro atoms. The molecule has 0 aromatic carbocycles. The Kier molecular flexibility index (Phi) is 6.43. The normalized spacial score (nSPS) is 25.2. The summed E-state index contributed by atoms with van der Waals surface area (Å²) in [7, 11) is 1.70. The topological polar surface area (TPSA) is 58.2 Å². The SMILES string of the molecule is C=C1/C(=C\C)CCC1(NC)C(=O)NC=O.CC. The van der Waals surface area contributed by atoms with Gasteiger partial charge in [0.1, 0.15) is 5.54 Å². The Balaban J connectivity index is 0.00000121. The zero-order chi connectivity index (χ0) is 13.5. The van der Waals surface area contributed by atoms with E-state index in [9.17, 15) is 9.59 Å². The maximum Gasteiger partial charge on any atom is 0.251 e. The molecule has 1 saturated carbocycles. The van der Waals surface area contributed by atoms with Crippen molar-refractivity contribution in [2.24, 2.45) is 0 Å². The van der Waals surface area contributed by atoms with Crippen molar-refractivity contribution in [1.82, 2.24) is 10.6 Å². The molecule has 96 valence electrons. The molecule has 2 amide bonds. The van der Waals surface area contributed by atoms with Crippen molar-refractivity contribution in [1.29, 1.82) is 0 Å².